The number of nitrogens with one attached hydrogen (secondary N) is 2. The van der Waals surface area contributed by atoms with E-state index >= 15 is 0 Å². The summed E-state index contributed by atoms with van der Waals surface area (Å²) in [5.41, 5.74) is 26.8. The van der Waals surface area contributed by atoms with Gasteiger partial charge in [0.25, 0.3) is 0 Å². The third kappa shape index (κ3) is 10.0. The maximum Gasteiger partial charge on any atom is 0.208 e. The molecule has 6 N–H and O–H groups in total. The normalized spacial score (nSPS) is 19.6. The molecule has 2 aromatic heterocycles. The van der Waals surface area contributed by atoms with Gasteiger partial charge in [0.2, 0.25) is 11.9 Å². The Hall–Kier alpha value is -5.88. The molecule has 4 aromatic rings. The van der Waals surface area contributed by atoms with Gasteiger partial charge in [-0.05, 0) is 137 Å². The quantitative estimate of drug-likeness (QED) is 0.0559. The maximum absolute atomic E-state index is 6.46. The van der Waals surface area contributed by atoms with Crippen molar-refractivity contribution >= 4 is 56.8 Å². The summed E-state index contributed by atoms with van der Waals surface area (Å²) >= 11 is 0. The molecule has 4 heterocycles. The number of hydrogen-bond donors (Lipinski definition) is 4. The Labute approximate surface area is 375 Å². The highest BCUT2D eigenvalue weighted by molar-refractivity contribution is 5.94. The fourth-order valence-electron chi connectivity index (χ4n) is 9.82. The van der Waals surface area contributed by atoms with Gasteiger partial charge >= 0.3 is 0 Å². The minimum absolute atomic E-state index is 0.0397. The third-order valence-corrected chi connectivity index (χ3v) is 13.4. The largest absolute Gasteiger partial charge is 0.399 e. The summed E-state index contributed by atoms with van der Waals surface area (Å²) in [6.07, 6.45) is 16.2. The van der Waals surface area contributed by atoms with E-state index in [9.17, 15) is 0 Å². The van der Waals surface area contributed by atoms with Crippen molar-refractivity contribution in [1.29, 1.82) is 0 Å². The van der Waals surface area contributed by atoms with E-state index in [1.54, 1.807) is 7.05 Å². The molecule has 63 heavy (non-hydrogen) atoms. The number of nitrogens with two attached hydrogens (primary N) is 2. The average Bonchev–Trinajstić information content (AvgIpc) is 4.06. The maximum atomic E-state index is 6.46. The van der Waals surface area contributed by atoms with Crippen LogP contribution in [0.4, 0.5) is 11.9 Å². The van der Waals surface area contributed by atoms with E-state index in [0.29, 0.717) is 30.5 Å². The van der Waals surface area contributed by atoms with E-state index < -0.39 is 0 Å². The molecule has 3 aliphatic rings. The van der Waals surface area contributed by atoms with E-state index in [4.69, 9.17) is 26.5 Å². The number of hydrogen-bond acceptors (Lipinski definition) is 10. The molecule has 0 radical (unpaired) electrons. The number of rotatable bonds is 14. The first-order valence-electron chi connectivity index (χ1n) is 23.0. The van der Waals surface area contributed by atoms with E-state index in [1.165, 1.54) is 36.8 Å². The van der Waals surface area contributed by atoms with Crippen LogP contribution in [0.15, 0.2) is 95.9 Å². The van der Waals surface area contributed by atoms with Crippen molar-refractivity contribution in [2.24, 2.45) is 27.5 Å². The van der Waals surface area contributed by atoms with E-state index in [0.717, 1.165) is 131 Å². The van der Waals surface area contributed by atoms with Gasteiger partial charge < -0.3 is 36.1 Å². The van der Waals surface area contributed by atoms with Crippen LogP contribution in [0.2, 0.25) is 0 Å². The van der Waals surface area contributed by atoms with Crippen LogP contribution in [-0.4, -0.2) is 79.2 Å². The predicted molar refractivity (Wildman–Crippen MR) is 267 cm³/mol. The monoisotopic (exact) mass is 851 g/mol. The molecule has 2 aliphatic heterocycles. The number of aryl methyl sites for hydroxylation is 2. The second kappa shape index (κ2) is 19.7. The molecule has 1 fully saturated rings. The van der Waals surface area contributed by atoms with Crippen molar-refractivity contribution in [3.8, 4) is 0 Å². The summed E-state index contributed by atoms with van der Waals surface area (Å²) in [6, 6.07) is 8.99. The molecule has 0 saturated heterocycles. The number of hydrazone groups is 1. The molecule has 0 amide bonds. The molecule has 334 valence electrons. The molecule has 12 heteroatoms. The standard InChI is InChI=1S/C51H70N12/c1-11-60(31-39-17-13-14-18-39)44-21-19-40-27-42(35(6)52)29-45-48(40)61(50(57-45)55-37(8)32(3)25-33(4)54-10)23-15-16-24-62-49-41(20-22-44)28-43(36(7)53)30-46(49)58-51(62)56-38(9)47-26-34(5)59-63(47)12-2/h15-16,25,27-30,39,44,47H,6-9,11-14,17-24,26,31,52-53H2,1-5,10H3,(H,55,57)(H,56,58)/b16-15+,32-25+,54-33?. The number of benzene rings is 2. The number of anilines is 2. The molecular formula is C51H70N12. The zero-order chi connectivity index (χ0) is 44.9. The van der Waals surface area contributed by atoms with Crippen LogP contribution in [0.5, 0.6) is 0 Å². The smallest absolute Gasteiger partial charge is 0.208 e. The highest BCUT2D eigenvalue weighted by Crippen LogP contribution is 2.34. The SMILES string of the molecule is C=C(Nc1nc2cc(C(=C)N)cc3c2n1C/C=C/Cn1c(NC(=C)C2CC(C)=NN2CC)nc2cc(C(=C)N)cc(c21)CCC(N(CC)CC1CCCC1)CC3)/C(C)=C/C(C)=NC. The van der Waals surface area contributed by atoms with Gasteiger partial charge in [0.15, 0.2) is 0 Å². The fourth-order valence-corrected chi connectivity index (χ4v) is 9.82. The highest BCUT2D eigenvalue weighted by atomic mass is 15.5. The summed E-state index contributed by atoms with van der Waals surface area (Å²) in [4.78, 5) is 17.6. The third-order valence-electron chi connectivity index (χ3n) is 13.4. The van der Waals surface area contributed by atoms with Crippen molar-refractivity contribution in [3.05, 3.63) is 108 Å². The van der Waals surface area contributed by atoms with Crippen molar-refractivity contribution in [2.75, 3.05) is 37.3 Å². The Balaban J connectivity index is 1.37. The first kappa shape index (κ1) is 45.2. The molecule has 0 spiro atoms. The van der Waals surface area contributed by atoms with Gasteiger partial charge in [0.05, 0.1) is 28.1 Å². The van der Waals surface area contributed by atoms with Gasteiger partial charge in [-0.3, -0.25) is 10.0 Å². The van der Waals surface area contributed by atoms with E-state index in [1.807, 2.05) is 19.9 Å². The molecule has 2 atom stereocenters. The number of nitrogens with zero attached hydrogens (tertiary/aromatic N) is 8. The molecule has 0 bridgehead atoms. The summed E-state index contributed by atoms with van der Waals surface area (Å²) in [6.45, 7) is 31.9. The molecule has 7 rings (SSSR count). The molecule has 2 aromatic carbocycles. The van der Waals surface area contributed by atoms with Crippen LogP contribution in [0.3, 0.4) is 0 Å². The van der Waals surface area contributed by atoms with Crippen LogP contribution in [-0.2, 0) is 25.9 Å². The zero-order valence-corrected chi connectivity index (χ0v) is 38.7. The number of allylic oxidation sites excluding steroid dienone is 4. The number of aliphatic imine (C=N–C) groups is 1. The lowest BCUT2D eigenvalue weighted by molar-refractivity contribution is 0.159. The van der Waals surface area contributed by atoms with Gasteiger partial charge in [0.1, 0.15) is 0 Å². The van der Waals surface area contributed by atoms with Crippen molar-refractivity contribution in [2.45, 2.75) is 118 Å². The topological polar surface area (TPSA) is 143 Å². The Morgan fingerprint density at radius 1 is 0.841 bits per heavy atom. The summed E-state index contributed by atoms with van der Waals surface area (Å²) in [7, 11) is 1.80. The first-order valence-corrected chi connectivity index (χ1v) is 23.0. The number of aromatic nitrogens is 4. The molecule has 12 nitrogen and oxygen atoms in total. The molecule has 1 aliphatic carbocycles. The lowest BCUT2D eigenvalue weighted by Gasteiger charge is -2.33. The van der Waals surface area contributed by atoms with Gasteiger partial charge in [-0.15, -0.1) is 0 Å². The predicted octanol–water partition coefficient (Wildman–Crippen LogP) is 9.62. The Morgan fingerprint density at radius 3 is 1.90 bits per heavy atom. The van der Waals surface area contributed by atoms with Crippen LogP contribution in [0.25, 0.3) is 33.5 Å². The van der Waals surface area contributed by atoms with Gasteiger partial charge in [-0.2, -0.15) is 5.10 Å². The first-order chi connectivity index (χ1) is 30.3. The van der Waals surface area contributed by atoms with Gasteiger partial charge in [-0.25, -0.2) is 9.97 Å². The Kier molecular flexibility index (Phi) is 14.1. The summed E-state index contributed by atoms with van der Waals surface area (Å²) < 4.78 is 4.59. The van der Waals surface area contributed by atoms with Crippen molar-refractivity contribution in [3.63, 3.8) is 0 Å². The second-order valence-electron chi connectivity index (χ2n) is 17.8. The lowest BCUT2D eigenvalue weighted by Crippen LogP contribution is -2.39. The van der Waals surface area contributed by atoms with Gasteiger partial charge in [-0.1, -0.05) is 58.2 Å². The minimum Gasteiger partial charge on any atom is -0.399 e. The average molecular weight is 851 g/mol. The highest BCUT2D eigenvalue weighted by Gasteiger charge is 2.29. The van der Waals surface area contributed by atoms with E-state index in [-0.39, 0.29) is 6.04 Å². The fraction of sp³-hybridized carbons (Fsp3) is 0.451. The van der Waals surface area contributed by atoms with Crippen LogP contribution in [0.1, 0.15) is 102 Å². The van der Waals surface area contributed by atoms with Crippen molar-refractivity contribution in [1.82, 2.24) is 29.0 Å². The van der Waals surface area contributed by atoms with Gasteiger partial charge in [0, 0.05) is 79.9 Å². The Morgan fingerprint density at radius 2 is 1.40 bits per heavy atom. The number of imidazole rings is 2. The zero-order valence-electron chi connectivity index (χ0n) is 38.7. The summed E-state index contributed by atoms with van der Waals surface area (Å²) in [5, 5.41) is 14.2. The lowest BCUT2D eigenvalue weighted by atomic mass is 9.94. The van der Waals surface area contributed by atoms with Crippen LogP contribution in [0, 0.1) is 5.92 Å². The number of likely N-dealkylation sites (N-methyl/N-ethyl adjacent to an activating group) is 1. The minimum atomic E-state index is 0.0397. The molecule has 2 unspecified atom stereocenters. The summed E-state index contributed by atoms with van der Waals surface area (Å²) in [5.74, 6) is 2.19. The van der Waals surface area contributed by atoms with E-state index in [2.05, 4.69) is 118 Å². The molecule has 1 saturated carbocycles. The van der Waals surface area contributed by atoms with Crippen LogP contribution < -0.4 is 22.1 Å². The molecular weight excluding hydrogens is 781 g/mol. The Bertz CT molecular complexity index is 2520. The van der Waals surface area contributed by atoms with Crippen LogP contribution >= 0.6 is 0 Å². The van der Waals surface area contributed by atoms with Crippen molar-refractivity contribution < 1.29 is 0 Å². The second-order valence-corrected chi connectivity index (χ2v) is 17.8.